The van der Waals surface area contributed by atoms with Crippen LogP contribution in [0.1, 0.15) is 166 Å². The van der Waals surface area contributed by atoms with Crippen LogP contribution in [0.4, 0.5) is 0 Å². The summed E-state index contributed by atoms with van der Waals surface area (Å²) in [6, 6.07) is 6.13. The van der Waals surface area contributed by atoms with Crippen molar-refractivity contribution < 1.29 is 28.9 Å². The molecule has 0 aliphatic rings. The Morgan fingerprint density at radius 2 is 0.947 bits per heavy atom. The summed E-state index contributed by atoms with van der Waals surface area (Å²) in [5.74, 6) is 0.668. The summed E-state index contributed by atoms with van der Waals surface area (Å²) in [5.41, 5.74) is 2.53. The van der Waals surface area contributed by atoms with Gasteiger partial charge in [0.2, 0.25) is 0 Å². The molecule has 1 aromatic rings. The van der Waals surface area contributed by atoms with Gasteiger partial charge in [0.15, 0.2) is 5.75 Å². The molecule has 2 nitrogen and oxygen atoms in total. The Bertz CT molecular complexity index is 655. The van der Waals surface area contributed by atoms with Crippen LogP contribution in [0.2, 0.25) is 0 Å². The van der Waals surface area contributed by atoms with E-state index >= 15 is 0 Å². The van der Waals surface area contributed by atoms with Crippen LogP contribution in [-0.4, -0.2) is 0 Å². The molecule has 0 aliphatic carbocycles. The standard InChI is InChI=1S/C32H59O2PS2.Zn/c1-3-5-7-9-11-13-15-17-19-21-23-26-30-27-25-29-32(34-35(33,36)37)31(30)28-24-22-20-18-16-14-12-10-8-6-4-2;/h25,27,29H,3-24,26,28H2,1-2H3,(H2,33,36,37);/q;+2/p-2. The predicted molar refractivity (Wildman–Crippen MR) is 169 cm³/mol. The van der Waals surface area contributed by atoms with Crippen molar-refractivity contribution in [1.29, 1.82) is 0 Å². The van der Waals surface area contributed by atoms with E-state index in [-0.39, 0.29) is 19.5 Å². The van der Waals surface area contributed by atoms with Crippen molar-refractivity contribution in [1.82, 2.24) is 0 Å². The Kier molecular flexibility index (Phi) is 27.1. The number of rotatable bonds is 26. The second-order valence-corrected chi connectivity index (χ2v) is 15.7. The SMILES string of the molecule is CCCCCCCCCCCCCc1cccc(O[P+]([O-])([S-])[S-])c1CCCCCCCCCCCCC.[Zn+2]. The summed E-state index contributed by atoms with van der Waals surface area (Å²) >= 11 is 9.86. The molecule has 6 heteroatoms. The van der Waals surface area contributed by atoms with Gasteiger partial charge in [0, 0.05) is 5.56 Å². The van der Waals surface area contributed by atoms with Crippen molar-refractivity contribution in [3.8, 4) is 5.75 Å². The molecular formula is C32H57O2PS2Zn. The third-order valence-corrected chi connectivity index (χ3v) is 8.39. The van der Waals surface area contributed by atoms with E-state index in [1.54, 1.807) is 0 Å². The summed E-state index contributed by atoms with van der Waals surface area (Å²) < 4.78 is 5.62. The van der Waals surface area contributed by atoms with Crippen molar-refractivity contribution >= 4 is 30.6 Å². The monoisotopic (exact) mass is 632 g/mol. The summed E-state index contributed by atoms with van der Waals surface area (Å²) in [7, 11) is 0. The molecule has 38 heavy (non-hydrogen) atoms. The second-order valence-electron chi connectivity index (χ2n) is 11.0. The maximum Gasteiger partial charge on any atom is 2.00 e. The Morgan fingerprint density at radius 1 is 0.579 bits per heavy atom. The van der Waals surface area contributed by atoms with E-state index in [9.17, 15) is 4.89 Å². The molecule has 1 rings (SSSR count). The molecule has 0 aliphatic heterocycles. The van der Waals surface area contributed by atoms with Gasteiger partial charge in [-0.3, -0.25) is 0 Å². The predicted octanol–water partition coefficient (Wildman–Crippen LogP) is 10.9. The van der Waals surface area contributed by atoms with Gasteiger partial charge in [-0.25, -0.2) is 0 Å². The average Bonchev–Trinajstić information content (AvgIpc) is 2.86. The van der Waals surface area contributed by atoms with Crippen LogP contribution in [0.5, 0.6) is 5.75 Å². The minimum atomic E-state index is -3.39. The van der Waals surface area contributed by atoms with Crippen LogP contribution in [0.15, 0.2) is 18.2 Å². The fourth-order valence-corrected chi connectivity index (χ4v) is 6.17. The topological polar surface area (TPSA) is 32.3 Å². The first-order chi connectivity index (χ1) is 18.0. The fraction of sp³-hybridized carbons (Fsp3) is 0.812. The van der Waals surface area contributed by atoms with Crippen LogP contribution in [0.3, 0.4) is 0 Å². The van der Waals surface area contributed by atoms with Gasteiger partial charge in [-0.15, -0.1) is 6.12 Å². The molecule has 0 atom stereocenters. The van der Waals surface area contributed by atoms with Gasteiger partial charge in [-0.05, 0) is 37.3 Å². The summed E-state index contributed by atoms with van der Waals surface area (Å²) in [6.45, 7) is 4.56. The number of hydrogen-bond acceptors (Lipinski definition) is 4. The van der Waals surface area contributed by atoms with Crippen LogP contribution < -0.4 is 9.42 Å². The second kappa shape index (κ2) is 26.6. The summed E-state index contributed by atoms with van der Waals surface area (Å²) in [4.78, 5) is 12.1. The van der Waals surface area contributed by atoms with Gasteiger partial charge in [0.25, 0.3) is 0 Å². The van der Waals surface area contributed by atoms with Crippen molar-refractivity contribution in [3.05, 3.63) is 29.3 Å². The first-order valence-corrected chi connectivity index (χ1v) is 19.5. The zero-order chi connectivity index (χ0) is 27.0. The zero-order valence-electron chi connectivity index (χ0n) is 25.0. The third kappa shape index (κ3) is 22.4. The van der Waals surface area contributed by atoms with Crippen molar-refractivity contribution in [2.75, 3.05) is 0 Å². The van der Waals surface area contributed by atoms with E-state index in [1.807, 2.05) is 12.1 Å². The number of hydrogen-bond donors (Lipinski definition) is 0. The summed E-state index contributed by atoms with van der Waals surface area (Å²) in [5, 5.41) is 0. The number of benzene rings is 1. The molecular weight excluding hydrogens is 577 g/mol. The van der Waals surface area contributed by atoms with Crippen LogP contribution in [-0.2, 0) is 56.8 Å². The van der Waals surface area contributed by atoms with E-state index in [2.05, 4.69) is 19.9 Å². The summed E-state index contributed by atoms with van der Waals surface area (Å²) in [6.07, 6.45) is 28.2. The Morgan fingerprint density at radius 3 is 1.34 bits per heavy atom. The van der Waals surface area contributed by atoms with Gasteiger partial charge in [-0.1, -0.05) is 154 Å². The molecule has 0 bridgehead atoms. The molecule has 0 N–H and O–H groups in total. The molecule has 0 saturated carbocycles. The first-order valence-electron chi connectivity index (χ1n) is 15.8. The molecule has 216 valence electrons. The molecule has 0 fully saturated rings. The van der Waals surface area contributed by atoms with Gasteiger partial charge >= 0.3 is 19.5 Å². The van der Waals surface area contributed by atoms with E-state index < -0.39 is 6.12 Å². The van der Waals surface area contributed by atoms with E-state index in [0.717, 1.165) is 19.3 Å². The molecule has 0 saturated heterocycles. The first kappa shape index (κ1) is 38.7. The molecule has 0 heterocycles. The van der Waals surface area contributed by atoms with Gasteiger partial charge in [0.05, 0.1) is 0 Å². The number of unbranched alkanes of at least 4 members (excludes halogenated alkanes) is 20. The zero-order valence-corrected chi connectivity index (χ0v) is 30.5. The van der Waals surface area contributed by atoms with Crippen LogP contribution >= 0.6 is 6.12 Å². The quantitative estimate of drug-likeness (QED) is 0.0440. The minimum Gasteiger partial charge on any atom is -0.682 e. The van der Waals surface area contributed by atoms with Crippen LogP contribution in [0.25, 0.3) is 0 Å². The van der Waals surface area contributed by atoms with Gasteiger partial charge in [0.1, 0.15) is 0 Å². The van der Waals surface area contributed by atoms with Gasteiger partial charge < -0.3 is 33.9 Å². The van der Waals surface area contributed by atoms with Gasteiger partial charge in [-0.2, -0.15) is 0 Å². The Hall–Kier alpha value is 0.733. The van der Waals surface area contributed by atoms with Crippen molar-refractivity contribution in [2.45, 2.75) is 168 Å². The van der Waals surface area contributed by atoms with Crippen molar-refractivity contribution in [3.63, 3.8) is 0 Å². The van der Waals surface area contributed by atoms with Crippen LogP contribution in [0, 0.1) is 0 Å². The molecule has 0 amide bonds. The Labute approximate surface area is 261 Å². The minimum absolute atomic E-state index is 0. The van der Waals surface area contributed by atoms with Crippen molar-refractivity contribution in [2.24, 2.45) is 0 Å². The average molecular weight is 634 g/mol. The van der Waals surface area contributed by atoms with E-state index in [1.165, 1.54) is 146 Å². The maximum absolute atomic E-state index is 12.1. The molecule has 0 spiro atoms. The third-order valence-electron chi connectivity index (χ3n) is 7.52. The van der Waals surface area contributed by atoms with E-state index in [4.69, 9.17) is 29.0 Å². The largest absolute Gasteiger partial charge is 2.00 e. The molecule has 1 aromatic carbocycles. The molecule has 0 unspecified atom stereocenters. The van der Waals surface area contributed by atoms with E-state index in [0.29, 0.717) is 5.75 Å². The maximum atomic E-state index is 12.1. The molecule has 0 aromatic heterocycles. The number of aryl methyl sites for hydroxylation is 1. The normalized spacial score (nSPS) is 11.5. The Balaban J connectivity index is 0.0000137. The fourth-order valence-electron chi connectivity index (χ4n) is 5.28. The molecule has 0 radical (unpaired) electrons. The smallest absolute Gasteiger partial charge is 0.682 e.